The first-order chi connectivity index (χ1) is 9.88. The maximum absolute atomic E-state index is 3.62. The molecule has 2 rings (SSSR count). The van der Waals surface area contributed by atoms with Crippen LogP contribution in [0.5, 0.6) is 0 Å². The Balaban J connectivity index is 1.60. The molecule has 2 nitrogen and oxygen atoms in total. The Labute approximate surface area is 123 Å². The van der Waals surface area contributed by atoms with Gasteiger partial charge < -0.3 is 10.2 Å². The Morgan fingerprint density at radius 1 is 1.20 bits per heavy atom. The maximum atomic E-state index is 3.62. The minimum Gasteiger partial charge on any atom is -0.313 e. The number of likely N-dealkylation sites (tertiary alicyclic amines) is 1. The van der Waals surface area contributed by atoms with E-state index in [9.17, 15) is 0 Å². The number of nitrogens with zero attached hydrogens (tertiary/aromatic N) is 1. The zero-order chi connectivity index (χ0) is 14.0. The Kier molecular flexibility index (Phi) is 6.63. The lowest BCUT2D eigenvalue weighted by Crippen LogP contribution is -2.43. The summed E-state index contributed by atoms with van der Waals surface area (Å²) >= 11 is 0. The first-order valence-corrected chi connectivity index (χ1v) is 7.78. The van der Waals surface area contributed by atoms with Gasteiger partial charge in [-0.2, -0.15) is 0 Å². The van der Waals surface area contributed by atoms with Gasteiger partial charge in [0.25, 0.3) is 0 Å². The van der Waals surface area contributed by atoms with Crippen molar-refractivity contribution in [1.82, 2.24) is 10.2 Å². The average Bonchev–Trinajstić information content (AvgIpc) is 2.52. The molecular formula is C18H26N2. The lowest BCUT2D eigenvalue weighted by molar-refractivity contribution is 0.200. The molecule has 0 aromatic heterocycles. The molecule has 0 spiro atoms. The quantitative estimate of drug-likeness (QED) is 0.631. The summed E-state index contributed by atoms with van der Waals surface area (Å²) in [4.78, 5) is 2.59. The third kappa shape index (κ3) is 5.36. The van der Waals surface area contributed by atoms with Crippen LogP contribution in [0.1, 0.15) is 31.7 Å². The van der Waals surface area contributed by atoms with Crippen molar-refractivity contribution >= 4 is 0 Å². The first kappa shape index (κ1) is 15.1. The molecule has 1 heterocycles. The summed E-state index contributed by atoms with van der Waals surface area (Å²) in [6.45, 7) is 6.59. The highest BCUT2D eigenvalue weighted by molar-refractivity contribution is 5.14. The van der Waals surface area contributed by atoms with E-state index >= 15 is 0 Å². The predicted molar refractivity (Wildman–Crippen MR) is 85.7 cm³/mol. The van der Waals surface area contributed by atoms with Crippen molar-refractivity contribution in [3.05, 3.63) is 35.9 Å². The molecule has 0 amide bonds. The molecule has 1 N–H and O–H groups in total. The molecule has 1 fully saturated rings. The lowest BCUT2D eigenvalue weighted by atomic mass is 10.0. The largest absolute Gasteiger partial charge is 0.313 e. The fraction of sp³-hybridized carbons (Fsp3) is 0.556. The lowest BCUT2D eigenvalue weighted by Gasteiger charge is -2.32. The van der Waals surface area contributed by atoms with Crippen LogP contribution in [0, 0.1) is 11.8 Å². The zero-order valence-electron chi connectivity index (χ0n) is 12.6. The van der Waals surface area contributed by atoms with E-state index in [0.29, 0.717) is 6.04 Å². The highest BCUT2D eigenvalue weighted by atomic mass is 15.1. The summed E-state index contributed by atoms with van der Waals surface area (Å²) in [7, 11) is 0. The number of hydrogen-bond donors (Lipinski definition) is 1. The van der Waals surface area contributed by atoms with Crippen LogP contribution in [0.4, 0.5) is 0 Å². The molecular weight excluding hydrogens is 244 g/mol. The van der Waals surface area contributed by atoms with Crippen LogP contribution in [0.15, 0.2) is 30.3 Å². The predicted octanol–water partition coefficient (Wildman–Crippen LogP) is 2.70. The Hall–Kier alpha value is -1.30. The normalized spacial score (nSPS) is 16.6. The monoisotopic (exact) mass is 270 g/mol. The molecule has 108 valence electrons. The van der Waals surface area contributed by atoms with E-state index < -0.39 is 0 Å². The molecule has 1 aliphatic heterocycles. The Bertz CT molecular complexity index is 422. The average molecular weight is 270 g/mol. The molecule has 20 heavy (non-hydrogen) atoms. The highest BCUT2D eigenvalue weighted by Gasteiger charge is 2.17. The summed E-state index contributed by atoms with van der Waals surface area (Å²) < 4.78 is 0. The second-order valence-corrected chi connectivity index (χ2v) is 5.48. The Morgan fingerprint density at radius 2 is 1.95 bits per heavy atom. The van der Waals surface area contributed by atoms with E-state index in [-0.39, 0.29) is 0 Å². The molecule has 1 aromatic rings. The topological polar surface area (TPSA) is 15.3 Å². The van der Waals surface area contributed by atoms with Crippen LogP contribution in [-0.2, 0) is 6.42 Å². The first-order valence-electron chi connectivity index (χ1n) is 7.78. The molecule has 1 aliphatic rings. The fourth-order valence-corrected chi connectivity index (χ4v) is 2.76. The summed E-state index contributed by atoms with van der Waals surface area (Å²) in [5.74, 6) is 6.06. The fourth-order valence-electron chi connectivity index (χ4n) is 2.76. The van der Waals surface area contributed by atoms with Crippen LogP contribution in [0.3, 0.4) is 0 Å². The van der Waals surface area contributed by atoms with Gasteiger partial charge in [-0.1, -0.05) is 30.3 Å². The van der Waals surface area contributed by atoms with Crippen molar-refractivity contribution < 1.29 is 0 Å². The standard InChI is InChI=1S/C18H26N2/c1-2-3-7-13-19-18-11-15-20(16-12-18)14-10-17-8-5-4-6-9-17/h4-6,8-9,18-19H,7,10-16H2,1H3. The minimum absolute atomic E-state index is 0.696. The smallest absolute Gasteiger partial charge is 0.0214 e. The SMILES string of the molecule is CC#CCCNC1CCN(CCc2ccccc2)CC1. The van der Waals surface area contributed by atoms with Crippen molar-refractivity contribution in [1.29, 1.82) is 0 Å². The van der Waals surface area contributed by atoms with Crippen LogP contribution >= 0.6 is 0 Å². The third-order valence-electron chi connectivity index (χ3n) is 4.01. The van der Waals surface area contributed by atoms with Gasteiger partial charge >= 0.3 is 0 Å². The van der Waals surface area contributed by atoms with Crippen molar-refractivity contribution in [3.8, 4) is 11.8 Å². The Morgan fingerprint density at radius 3 is 2.65 bits per heavy atom. The van der Waals surface area contributed by atoms with Gasteiger partial charge in [0.15, 0.2) is 0 Å². The number of nitrogens with one attached hydrogen (secondary N) is 1. The van der Waals surface area contributed by atoms with E-state index in [1.807, 2.05) is 6.92 Å². The number of benzene rings is 1. The van der Waals surface area contributed by atoms with Crippen LogP contribution in [0.2, 0.25) is 0 Å². The van der Waals surface area contributed by atoms with Gasteiger partial charge in [0.1, 0.15) is 0 Å². The molecule has 0 unspecified atom stereocenters. The van der Waals surface area contributed by atoms with Crippen molar-refractivity contribution in [3.63, 3.8) is 0 Å². The summed E-state index contributed by atoms with van der Waals surface area (Å²) in [6, 6.07) is 11.5. The van der Waals surface area contributed by atoms with E-state index in [4.69, 9.17) is 0 Å². The zero-order valence-corrected chi connectivity index (χ0v) is 12.6. The van der Waals surface area contributed by atoms with E-state index in [2.05, 4.69) is 52.4 Å². The van der Waals surface area contributed by atoms with Crippen LogP contribution < -0.4 is 5.32 Å². The molecule has 0 aliphatic carbocycles. The second-order valence-electron chi connectivity index (χ2n) is 5.48. The van der Waals surface area contributed by atoms with E-state index in [0.717, 1.165) is 13.0 Å². The molecule has 0 saturated carbocycles. The van der Waals surface area contributed by atoms with Gasteiger partial charge in [-0.25, -0.2) is 0 Å². The van der Waals surface area contributed by atoms with Gasteiger partial charge in [0, 0.05) is 25.6 Å². The van der Waals surface area contributed by atoms with E-state index in [1.54, 1.807) is 0 Å². The van der Waals surface area contributed by atoms with Crippen molar-refractivity contribution in [2.45, 2.75) is 38.6 Å². The minimum atomic E-state index is 0.696. The second kappa shape index (κ2) is 8.79. The maximum Gasteiger partial charge on any atom is 0.0214 e. The van der Waals surface area contributed by atoms with Gasteiger partial charge in [-0.3, -0.25) is 0 Å². The van der Waals surface area contributed by atoms with Gasteiger partial charge in [-0.05, 0) is 44.8 Å². The van der Waals surface area contributed by atoms with Gasteiger partial charge in [0.05, 0.1) is 0 Å². The highest BCUT2D eigenvalue weighted by Crippen LogP contribution is 2.11. The van der Waals surface area contributed by atoms with Crippen LogP contribution in [-0.4, -0.2) is 37.1 Å². The molecule has 1 aromatic carbocycles. The van der Waals surface area contributed by atoms with Crippen molar-refractivity contribution in [2.75, 3.05) is 26.2 Å². The van der Waals surface area contributed by atoms with Crippen LogP contribution in [0.25, 0.3) is 0 Å². The summed E-state index contributed by atoms with van der Waals surface area (Å²) in [5.41, 5.74) is 1.45. The molecule has 2 heteroatoms. The summed E-state index contributed by atoms with van der Waals surface area (Å²) in [6.07, 6.45) is 4.69. The van der Waals surface area contributed by atoms with Crippen molar-refractivity contribution in [2.24, 2.45) is 0 Å². The number of piperidine rings is 1. The van der Waals surface area contributed by atoms with Gasteiger partial charge in [-0.15, -0.1) is 11.8 Å². The van der Waals surface area contributed by atoms with Gasteiger partial charge in [0.2, 0.25) is 0 Å². The molecule has 0 radical (unpaired) electrons. The molecule has 0 bridgehead atoms. The van der Waals surface area contributed by atoms with E-state index in [1.165, 1.54) is 44.5 Å². The molecule has 0 atom stereocenters. The third-order valence-corrected chi connectivity index (χ3v) is 4.01. The molecule has 1 saturated heterocycles. The number of rotatable bonds is 6. The number of hydrogen-bond acceptors (Lipinski definition) is 2. The summed E-state index contributed by atoms with van der Waals surface area (Å²) in [5, 5.41) is 3.62.